The van der Waals surface area contributed by atoms with Crippen LogP contribution in [0.5, 0.6) is 0 Å². The molecule has 124 valence electrons. The summed E-state index contributed by atoms with van der Waals surface area (Å²) >= 11 is 0. The van der Waals surface area contributed by atoms with Gasteiger partial charge in [-0.3, -0.25) is 0 Å². The van der Waals surface area contributed by atoms with Crippen molar-refractivity contribution in [3.05, 3.63) is 35.1 Å². The van der Waals surface area contributed by atoms with Crippen LogP contribution in [-0.4, -0.2) is 24.3 Å². The van der Waals surface area contributed by atoms with Gasteiger partial charge in [0, 0.05) is 30.8 Å². The third-order valence-electron chi connectivity index (χ3n) is 2.62. The first-order valence-electron chi connectivity index (χ1n) is 6.92. The average Bonchev–Trinajstić information content (AvgIpc) is 2.32. The highest BCUT2D eigenvalue weighted by molar-refractivity contribution is 5.68. The van der Waals surface area contributed by atoms with Gasteiger partial charge in [0.1, 0.15) is 11.4 Å². The topological polar surface area (TPSA) is 50.4 Å². The molecule has 2 N–H and O–H groups in total. The van der Waals surface area contributed by atoms with Crippen LogP contribution in [-0.2, 0) is 11.3 Å². The van der Waals surface area contributed by atoms with Crippen molar-refractivity contribution in [1.82, 2.24) is 10.6 Å². The fourth-order valence-electron chi connectivity index (χ4n) is 1.68. The SMILES string of the molecule is CC(CNCc1cc(F)c(F)cc1F)NC(=O)OC(C)(C)C. The monoisotopic (exact) mass is 318 g/mol. The first kappa shape index (κ1) is 18.3. The van der Waals surface area contributed by atoms with Crippen molar-refractivity contribution in [2.45, 2.75) is 45.9 Å². The predicted octanol–water partition coefficient (Wildman–Crippen LogP) is 3.11. The molecular formula is C15H21F3N2O2. The van der Waals surface area contributed by atoms with E-state index in [2.05, 4.69) is 10.6 Å². The predicted molar refractivity (Wildman–Crippen MR) is 76.9 cm³/mol. The molecule has 0 saturated carbocycles. The second kappa shape index (κ2) is 7.49. The average molecular weight is 318 g/mol. The van der Waals surface area contributed by atoms with Crippen LogP contribution in [0.15, 0.2) is 12.1 Å². The van der Waals surface area contributed by atoms with E-state index >= 15 is 0 Å². The molecule has 1 rings (SSSR count). The Labute approximate surface area is 128 Å². The minimum absolute atomic E-state index is 0.0170. The second-order valence-corrected chi connectivity index (χ2v) is 6.04. The summed E-state index contributed by atoms with van der Waals surface area (Å²) in [7, 11) is 0. The molecule has 0 aliphatic carbocycles. The lowest BCUT2D eigenvalue weighted by Crippen LogP contribution is -2.42. The third kappa shape index (κ3) is 6.34. The summed E-state index contributed by atoms with van der Waals surface area (Å²) in [6.07, 6.45) is -0.555. The number of carbonyl (C=O) groups excluding carboxylic acids is 1. The van der Waals surface area contributed by atoms with Crippen LogP contribution in [0.3, 0.4) is 0 Å². The number of nitrogens with one attached hydrogen (secondary N) is 2. The molecule has 0 bridgehead atoms. The maximum absolute atomic E-state index is 13.4. The van der Waals surface area contributed by atoms with E-state index in [0.717, 1.165) is 6.07 Å². The molecule has 0 aliphatic heterocycles. The molecule has 1 aromatic rings. The van der Waals surface area contributed by atoms with E-state index in [-0.39, 0.29) is 18.2 Å². The minimum Gasteiger partial charge on any atom is -0.444 e. The lowest BCUT2D eigenvalue weighted by atomic mass is 10.2. The number of halogens is 3. The number of benzene rings is 1. The summed E-state index contributed by atoms with van der Waals surface area (Å²) in [5.41, 5.74) is -0.574. The fraction of sp³-hybridized carbons (Fsp3) is 0.533. The van der Waals surface area contributed by atoms with Crippen LogP contribution < -0.4 is 10.6 Å². The molecule has 1 atom stereocenters. The highest BCUT2D eigenvalue weighted by Crippen LogP contribution is 2.13. The van der Waals surface area contributed by atoms with Gasteiger partial charge in [-0.25, -0.2) is 18.0 Å². The Kier molecular flexibility index (Phi) is 6.22. The maximum atomic E-state index is 13.4. The van der Waals surface area contributed by atoms with Crippen molar-refractivity contribution in [2.24, 2.45) is 0 Å². The summed E-state index contributed by atoms with van der Waals surface area (Å²) in [5.74, 6) is -3.14. The zero-order valence-corrected chi connectivity index (χ0v) is 13.1. The molecule has 1 unspecified atom stereocenters. The number of carbonyl (C=O) groups is 1. The van der Waals surface area contributed by atoms with E-state index in [0.29, 0.717) is 12.6 Å². The number of ether oxygens (including phenoxy) is 1. The molecule has 0 radical (unpaired) electrons. The van der Waals surface area contributed by atoms with E-state index in [1.807, 2.05) is 0 Å². The van der Waals surface area contributed by atoms with Crippen molar-refractivity contribution >= 4 is 6.09 Å². The lowest BCUT2D eigenvalue weighted by Gasteiger charge is -2.22. The van der Waals surface area contributed by atoms with Crippen molar-refractivity contribution in [1.29, 1.82) is 0 Å². The second-order valence-electron chi connectivity index (χ2n) is 6.04. The first-order chi connectivity index (χ1) is 10.1. The third-order valence-corrected chi connectivity index (χ3v) is 2.62. The van der Waals surface area contributed by atoms with Gasteiger partial charge in [0.25, 0.3) is 0 Å². The van der Waals surface area contributed by atoms with Gasteiger partial charge in [0.05, 0.1) is 0 Å². The van der Waals surface area contributed by atoms with Crippen LogP contribution >= 0.6 is 0 Å². The number of hydrogen-bond donors (Lipinski definition) is 2. The Hall–Kier alpha value is -1.76. The van der Waals surface area contributed by atoms with Gasteiger partial charge in [-0.05, 0) is 33.8 Å². The van der Waals surface area contributed by atoms with E-state index in [9.17, 15) is 18.0 Å². The van der Waals surface area contributed by atoms with Gasteiger partial charge in [-0.1, -0.05) is 0 Å². The minimum atomic E-state index is -1.22. The molecule has 0 aliphatic rings. The van der Waals surface area contributed by atoms with Crippen LogP contribution in [0.25, 0.3) is 0 Å². The van der Waals surface area contributed by atoms with Crippen LogP contribution in [0.2, 0.25) is 0 Å². The van der Waals surface area contributed by atoms with E-state index < -0.39 is 29.1 Å². The van der Waals surface area contributed by atoms with Gasteiger partial charge in [-0.2, -0.15) is 0 Å². The van der Waals surface area contributed by atoms with E-state index in [1.165, 1.54) is 0 Å². The Bertz CT molecular complexity index is 530. The van der Waals surface area contributed by atoms with Crippen LogP contribution in [0.1, 0.15) is 33.3 Å². The smallest absolute Gasteiger partial charge is 0.407 e. The molecular weight excluding hydrogens is 297 g/mol. The molecule has 7 heteroatoms. The Morgan fingerprint density at radius 1 is 1.18 bits per heavy atom. The number of rotatable bonds is 5. The normalized spacial score (nSPS) is 12.9. The van der Waals surface area contributed by atoms with Gasteiger partial charge in [0.2, 0.25) is 0 Å². The Balaban J connectivity index is 2.41. The maximum Gasteiger partial charge on any atom is 0.407 e. The highest BCUT2D eigenvalue weighted by atomic mass is 19.2. The van der Waals surface area contributed by atoms with Gasteiger partial charge < -0.3 is 15.4 Å². The summed E-state index contributed by atoms with van der Waals surface area (Å²) in [5, 5.41) is 5.46. The van der Waals surface area contributed by atoms with Gasteiger partial charge >= 0.3 is 6.09 Å². The van der Waals surface area contributed by atoms with Gasteiger partial charge in [0.15, 0.2) is 11.6 Å². The van der Waals surface area contributed by atoms with Crippen LogP contribution in [0.4, 0.5) is 18.0 Å². The molecule has 1 aromatic carbocycles. The quantitative estimate of drug-likeness (QED) is 0.820. The Morgan fingerprint density at radius 2 is 1.77 bits per heavy atom. The van der Waals surface area contributed by atoms with Crippen molar-refractivity contribution in [3.8, 4) is 0 Å². The van der Waals surface area contributed by atoms with E-state index in [1.54, 1.807) is 27.7 Å². The van der Waals surface area contributed by atoms with Crippen molar-refractivity contribution in [2.75, 3.05) is 6.54 Å². The van der Waals surface area contributed by atoms with Crippen molar-refractivity contribution < 1.29 is 22.7 Å². The zero-order valence-electron chi connectivity index (χ0n) is 13.1. The number of amides is 1. The Morgan fingerprint density at radius 3 is 2.36 bits per heavy atom. The summed E-state index contributed by atoms with van der Waals surface area (Å²) in [6, 6.07) is 1.04. The number of alkyl carbamates (subject to hydrolysis) is 1. The summed E-state index contributed by atoms with van der Waals surface area (Å²) < 4.78 is 44.3. The van der Waals surface area contributed by atoms with E-state index in [4.69, 9.17) is 4.74 Å². The van der Waals surface area contributed by atoms with Crippen LogP contribution in [0, 0.1) is 17.5 Å². The van der Waals surface area contributed by atoms with Crippen molar-refractivity contribution in [3.63, 3.8) is 0 Å². The molecule has 0 spiro atoms. The fourth-order valence-corrected chi connectivity index (χ4v) is 1.68. The number of hydrogen-bond acceptors (Lipinski definition) is 3. The molecule has 1 amide bonds. The first-order valence-corrected chi connectivity index (χ1v) is 6.92. The molecule has 0 heterocycles. The highest BCUT2D eigenvalue weighted by Gasteiger charge is 2.17. The standard InChI is InChI=1S/C15H21F3N2O2/c1-9(20-14(21)22-15(2,3)4)7-19-8-10-5-12(17)13(18)6-11(10)16/h5-6,9,19H,7-8H2,1-4H3,(H,20,21). The largest absolute Gasteiger partial charge is 0.444 e. The summed E-state index contributed by atoms with van der Waals surface area (Å²) in [4.78, 5) is 11.5. The molecule has 0 saturated heterocycles. The zero-order chi connectivity index (χ0) is 16.9. The molecule has 0 fully saturated rings. The molecule has 4 nitrogen and oxygen atoms in total. The summed E-state index contributed by atoms with van der Waals surface area (Å²) in [6.45, 7) is 7.32. The van der Waals surface area contributed by atoms with Gasteiger partial charge in [-0.15, -0.1) is 0 Å². The molecule has 0 aromatic heterocycles. The molecule has 22 heavy (non-hydrogen) atoms. The lowest BCUT2D eigenvalue weighted by molar-refractivity contribution is 0.0508.